The fourth-order valence-corrected chi connectivity index (χ4v) is 2.66. The van der Waals surface area contributed by atoms with Gasteiger partial charge in [0, 0.05) is 25.7 Å². The number of benzene rings is 1. The highest BCUT2D eigenvalue weighted by atomic mass is 35.5. The van der Waals surface area contributed by atoms with Crippen LogP contribution < -0.4 is 5.32 Å². The SMILES string of the molecule is CCCNC(Cc1ccc(Cl)c(Cl)c1)Cc1ccn(C)n1. The van der Waals surface area contributed by atoms with E-state index in [1.165, 1.54) is 5.56 Å². The lowest BCUT2D eigenvalue weighted by molar-refractivity contribution is 0.498. The molecule has 1 aromatic heterocycles. The third kappa shape index (κ3) is 5.03. The predicted octanol–water partition coefficient (Wildman–Crippen LogP) is 3.88. The molecule has 0 bridgehead atoms. The first kappa shape index (κ1) is 16.3. The van der Waals surface area contributed by atoms with Crippen molar-refractivity contribution >= 4 is 23.2 Å². The molecule has 0 saturated heterocycles. The lowest BCUT2D eigenvalue weighted by atomic mass is 10.0. The van der Waals surface area contributed by atoms with Gasteiger partial charge in [-0.15, -0.1) is 0 Å². The number of nitrogens with zero attached hydrogens (tertiary/aromatic N) is 2. The van der Waals surface area contributed by atoms with E-state index in [2.05, 4.69) is 23.4 Å². The van der Waals surface area contributed by atoms with Crippen molar-refractivity contribution in [3.05, 3.63) is 51.8 Å². The number of halogens is 2. The standard InChI is InChI=1S/C16H21Cl2N3/c1-3-7-19-14(11-13-6-8-21(2)20-13)9-12-4-5-15(17)16(18)10-12/h4-6,8,10,14,19H,3,7,9,11H2,1-2H3. The average molecular weight is 326 g/mol. The quantitative estimate of drug-likeness (QED) is 0.837. The van der Waals surface area contributed by atoms with Gasteiger partial charge in [-0.05, 0) is 43.1 Å². The predicted molar refractivity (Wildman–Crippen MR) is 89.2 cm³/mol. The summed E-state index contributed by atoms with van der Waals surface area (Å²) < 4.78 is 1.84. The molecule has 0 aliphatic rings. The Morgan fingerprint density at radius 3 is 2.62 bits per heavy atom. The summed E-state index contributed by atoms with van der Waals surface area (Å²) in [5, 5.41) is 9.26. The minimum absolute atomic E-state index is 0.345. The molecule has 0 fully saturated rings. The summed E-state index contributed by atoms with van der Waals surface area (Å²) in [5.74, 6) is 0. The van der Waals surface area contributed by atoms with Crippen LogP contribution in [0.15, 0.2) is 30.5 Å². The summed E-state index contributed by atoms with van der Waals surface area (Å²) in [7, 11) is 1.94. The average Bonchev–Trinajstić information content (AvgIpc) is 2.85. The third-order valence-electron chi connectivity index (χ3n) is 3.37. The maximum Gasteiger partial charge on any atom is 0.0640 e. The number of hydrogen-bond acceptors (Lipinski definition) is 2. The molecule has 2 aromatic rings. The summed E-state index contributed by atoms with van der Waals surface area (Å²) in [5.41, 5.74) is 2.29. The first-order valence-corrected chi connectivity index (χ1v) is 8.00. The molecule has 5 heteroatoms. The van der Waals surface area contributed by atoms with Gasteiger partial charge in [-0.3, -0.25) is 4.68 Å². The van der Waals surface area contributed by atoms with Crippen LogP contribution in [0, 0.1) is 0 Å². The van der Waals surface area contributed by atoms with E-state index in [9.17, 15) is 0 Å². The molecule has 0 aliphatic heterocycles. The zero-order valence-corrected chi connectivity index (χ0v) is 14.0. The molecule has 1 atom stereocenters. The Balaban J connectivity index is 2.06. The number of hydrogen-bond donors (Lipinski definition) is 1. The van der Waals surface area contributed by atoms with E-state index in [0.29, 0.717) is 16.1 Å². The summed E-state index contributed by atoms with van der Waals surface area (Å²) in [6.45, 7) is 3.17. The highest BCUT2D eigenvalue weighted by molar-refractivity contribution is 6.42. The lowest BCUT2D eigenvalue weighted by Crippen LogP contribution is -2.34. The van der Waals surface area contributed by atoms with E-state index in [0.717, 1.165) is 31.5 Å². The molecule has 0 radical (unpaired) electrons. The van der Waals surface area contributed by atoms with Crippen LogP contribution >= 0.6 is 23.2 Å². The van der Waals surface area contributed by atoms with E-state index in [1.807, 2.05) is 36.1 Å². The first-order chi connectivity index (χ1) is 10.1. The number of nitrogens with one attached hydrogen (secondary N) is 1. The minimum Gasteiger partial charge on any atom is -0.313 e. The third-order valence-corrected chi connectivity index (χ3v) is 4.11. The normalized spacial score (nSPS) is 12.6. The van der Waals surface area contributed by atoms with E-state index < -0.39 is 0 Å². The van der Waals surface area contributed by atoms with Crippen LogP contribution in [0.2, 0.25) is 10.0 Å². The Morgan fingerprint density at radius 1 is 1.19 bits per heavy atom. The van der Waals surface area contributed by atoms with Gasteiger partial charge in [-0.25, -0.2) is 0 Å². The fraction of sp³-hybridized carbons (Fsp3) is 0.438. The molecule has 114 valence electrons. The van der Waals surface area contributed by atoms with Crippen molar-refractivity contribution in [2.24, 2.45) is 7.05 Å². The number of rotatable bonds is 7. The summed E-state index contributed by atoms with van der Waals surface area (Å²) >= 11 is 12.1. The highest BCUT2D eigenvalue weighted by Crippen LogP contribution is 2.23. The summed E-state index contributed by atoms with van der Waals surface area (Å²) in [6.07, 6.45) is 4.90. The Bertz CT molecular complexity index is 581. The molecule has 1 heterocycles. The zero-order chi connectivity index (χ0) is 15.2. The van der Waals surface area contributed by atoms with Gasteiger partial charge < -0.3 is 5.32 Å². The van der Waals surface area contributed by atoms with E-state index in [4.69, 9.17) is 23.2 Å². The molecule has 1 N–H and O–H groups in total. The second kappa shape index (κ2) is 7.83. The Kier molecular flexibility index (Phi) is 6.09. The van der Waals surface area contributed by atoms with Gasteiger partial charge in [0.15, 0.2) is 0 Å². The van der Waals surface area contributed by atoms with Crippen molar-refractivity contribution in [2.75, 3.05) is 6.54 Å². The minimum atomic E-state index is 0.345. The van der Waals surface area contributed by atoms with Gasteiger partial charge in [0.1, 0.15) is 0 Å². The number of aromatic nitrogens is 2. The molecular weight excluding hydrogens is 305 g/mol. The van der Waals surface area contributed by atoms with Crippen molar-refractivity contribution in [2.45, 2.75) is 32.2 Å². The molecule has 1 aromatic carbocycles. The zero-order valence-electron chi connectivity index (χ0n) is 12.4. The second-order valence-corrected chi connectivity index (χ2v) is 6.10. The van der Waals surface area contributed by atoms with E-state index >= 15 is 0 Å². The van der Waals surface area contributed by atoms with Gasteiger partial charge in [-0.1, -0.05) is 36.2 Å². The molecule has 1 unspecified atom stereocenters. The maximum absolute atomic E-state index is 6.10. The molecule has 0 aliphatic carbocycles. The smallest absolute Gasteiger partial charge is 0.0640 e. The van der Waals surface area contributed by atoms with Crippen molar-refractivity contribution < 1.29 is 0 Å². The van der Waals surface area contributed by atoms with Crippen LogP contribution in [0.25, 0.3) is 0 Å². The molecule has 0 saturated carbocycles. The largest absolute Gasteiger partial charge is 0.313 e. The van der Waals surface area contributed by atoms with Crippen molar-refractivity contribution in [1.29, 1.82) is 0 Å². The van der Waals surface area contributed by atoms with E-state index in [1.54, 1.807) is 0 Å². The first-order valence-electron chi connectivity index (χ1n) is 7.24. The summed E-state index contributed by atoms with van der Waals surface area (Å²) in [6, 6.07) is 8.25. The van der Waals surface area contributed by atoms with Crippen LogP contribution in [0.3, 0.4) is 0 Å². The van der Waals surface area contributed by atoms with Crippen LogP contribution in [0.4, 0.5) is 0 Å². The Hall–Kier alpha value is -1.03. The van der Waals surface area contributed by atoms with Gasteiger partial charge in [0.25, 0.3) is 0 Å². The fourth-order valence-electron chi connectivity index (χ4n) is 2.34. The Morgan fingerprint density at radius 2 is 2.00 bits per heavy atom. The van der Waals surface area contributed by atoms with Gasteiger partial charge >= 0.3 is 0 Å². The molecule has 0 amide bonds. The van der Waals surface area contributed by atoms with Crippen LogP contribution in [0.5, 0.6) is 0 Å². The summed E-state index contributed by atoms with van der Waals surface area (Å²) in [4.78, 5) is 0. The molecule has 2 rings (SSSR count). The van der Waals surface area contributed by atoms with Gasteiger partial charge in [-0.2, -0.15) is 5.10 Å². The number of aryl methyl sites for hydroxylation is 1. The molecule has 3 nitrogen and oxygen atoms in total. The topological polar surface area (TPSA) is 29.9 Å². The van der Waals surface area contributed by atoms with Crippen molar-refractivity contribution in [1.82, 2.24) is 15.1 Å². The van der Waals surface area contributed by atoms with E-state index in [-0.39, 0.29) is 0 Å². The Labute approximate surface area is 136 Å². The van der Waals surface area contributed by atoms with Crippen molar-refractivity contribution in [3.63, 3.8) is 0 Å². The monoisotopic (exact) mass is 325 g/mol. The molecular formula is C16H21Cl2N3. The van der Waals surface area contributed by atoms with Crippen molar-refractivity contribution in [3.8, 4) is 0 Å². The molecule has 0 spiro atoms. The van der Waals surface area contributed by atoms with Crippen LogP contribution in [0.1, 0.15) is 24.6 Å². The van der Waals surface area contributed by atoms with Crippen LogP contribution in [-0.4, -0.2) is 22.4 Å². The highest BCUT2D eigenvalue weighted by Gasteiger charge is 2.12. The van der Waals surface area contributed by atoms with Crippen LogP contribution in [-0.2, 0) is 19.9 Å². The second-order valence-electron chi connectivity index (χ2n) is 5.29. The lowest BCUT2D eigenvalue weighted by Gasteiger charge is -2.18. The van der Waals surface area contributed by atoms with Gasteiger partial charge in [0.05, 0.1) is 15.7 Å². The molecule has 21 heavy (non-hydrogen) atoms. The van der Waals surface area contributed by atoms with Gasteiger partial charge in [0.2, 0.25) is 0 Å². The maximum atomic E-state index is 6.10.